The minimum absolute atomic E-state index is 0.223. The fourth-order valence-electron chi connectivity index (χ4n) is 3.13. The van der Waals surface area contributed by atoms with Crippen LogP contribution in [0.2, 0.25) is 0 Å². The highest BCUT2D eigenvalue weighted by molar-refractivity contribution is 7.89. The molecule has 0 bridgehead atoms. The van der Waals surface area contributed by atoms with Crippen LogP contribution in [-0.4, -0.2) is 14.3 Å². The lowest BCUT2D eigenvalue weighted by Gasteiger charge is -2.28. The number of carbonyl (C=O) groups excluding carboxylic acids is 1. The van der Waals surface area contributed by atoms with Crippen molar-refractivity contribution in [3.63, 3.8) is 0 Å². The number of nitrogens with one attached hydrogen (secondary N) is 3. The molecule has 0 fully saturated rings. The SMILES string of the molecule is Cc1cccc(NC(=O)c2ccc([C@@H]3Nc4ccccc4S(=O)(=O)N3)cc2)c1. The van der Waals surface area contributed by atoms with Gasteiger partial charge in [-0.05, 0) is 54.4 Å². The van der Waals surface area contributed by atoms with E-state index in [-0.39, 0.29) is 10.8 Å². The van der Waals surface area contributed by atoms with Crippen molar-refractivity contribution in [2.24, 2.45) is 0 Å². The van der Waals surface area contributed by atoms with Crippen molar-refractivity contribution in [1.82, 2.24) is 4.72 Å². The van der Waals surface area contributed by atoms with Gasteiger partial charge in [0, 0.05) is 11.3 Å². The Balaban J connectivity index is 1.53. The molecule has 0 radical (unpaired) electrons. The molecule has 1 aliphatic rings. The summed E-state index contributed by atoms with van der Waals surface area (Å²) in [6.45, 7) is 1.96. The molecule has 6 nitrogen and oxygen atoms in total. The third-order valence-electron chi connectivity index (χ3n) is 4.53. The van der Waals surface area contributed by atoms with E-state index in [1.807, 2.05) is 31.2 Å². The van der Waals surface area contributed by atoms with Crippen molar-refractivity contribution in [3.05, 3.63) is 89.5 Å². The van der Waals surface area contributed by atoms with Crippen molar-refractivity contribution in [2.75, 3.05) is 10.6 Å². The average Bonchev–Trinajstić information content (AvgIpc) is 2.67. The summed E-state index contributed by atoms with van der Waals surface area (Å²) >= 11 is 0. The predicted octanol–water partition coefficient (Wildman–Crippen LogP) is 3.65. The van der Waals surface area contributed by atoms with Crippen LogP contribution in [0.15, 0.2) is 77.7 Å². The Morgan fingerprint density at radius 2 is 1.71 bits per heavy atom. The summed E-state index contributed by atoms with van der Waals surface area (Å²) < 4.78 is 27.5. The number of amides is 1. The smallest absolute Gasteiger partial charge is 0.255 e. The Hall–Kier alpha value is -3.16. The van der Waals surface area contributed by atoms with E-state index in [0.717, 1.165) is 11.3 Å². The van der Waals surface area contributed by atoms with Crippen LogP contribution in [0.1, 0.15) is 27.7 Å². The number of sulfonamides is 1. The van der Waals surface area contributed by atoms with Gasteiger partial charge in [-0.2, -0.15) is 4.72 Å². The topological polar surface area (TPSA) is 87.3 Å². The van der Waals surface area contributed by atoms with E-state index < -0.39 is 16.2 Å². The van der Waals surface area contributed by atoms with Gasteiger partial charge in [0.1, 0.15) is 11.1 Å². The van der Waals surface area contributed by atoms with Crippen molar-refractivity contribution >= 4 is 27.3 Å². The quantitative estimate of drug-likeness (QED) is 0.634. The second-order valence-corrected chi connectivity index (χ2v) is 8.32. The van der Waals surface area contributed by atoms with E-state index in [1.165, 1.54) is 0 Å². The maximum Gasteiger partial charge on any atom is 0.255 e. The fourth-order valence-corrected chi connectivity index (χ4v) is 4.43. The van der Waals surface area contributed by atoms with Crippen LogP contribution < -0.4 is 15.4 Å². The van der Waals surface area contributed by atoms with Crippen LogP contribution in [-0.2, 0) is 10.0 Å². The lowest BCUT2D eigenvalue weighted by atomic mass is 10.1. The fraction of sp³-hybridized carbons (Fsp3) is 0.0952. The lowest BCUT2D eigenvalue weighted by molar-refractivity contribution is 0.102. The molecule has 4 rings (SSSR count). The summed E-state index contributed by atoms with van der Waals surface area (Å²) in [5.41, 5.74) is 3.54. The molecular formula is C21H19N3O3S. The summed E-state index contributed by atoms with van der Waals surface area (Å²) in [5, 5.41) is 6.03. The lowest BCUT2D eigenvalue weighted by Crippen LogP contribution is -2.38. The normalized spacial score (nSPS) is 17.2. The van der Waals surface area contributed by atoms with E-state index in [2.05, 4.69) is 15.4 Å². The second-order valence-electron chi connectivity index (χ2n) is 6.64. The first kappa shape index (κ1) is 18.2. The largest absolute Gasteiger partial charge is 0.364 e. The molecule has 0 unspecified atom stereocenters. The molecule has 28 heavy (non-hydrogen) atoms. The summed E-state index contributed by atoms with van der Waals surface area (Å²) in [4.78, 5) is 12.7. The van der Waals surface area contributed by atoms with Crippen molar-refractivity contribution in [2.45, 2.75) is 18.0 Å². The number of aryl methyl sites for hydroxylation is 1. The Labute approximate surface area is 163 Å². The van der Waals surface area contributed by atoms with Gasteiger partial charge in [0.2, 0.25) is 10.0 Å². The molecular weight excluding hydrogens is 374 g/mol. The number of para-hydroxylation sites is 1. The number of rotatable bonds is 3. The average molecular weight is 393 g/mol. The van der Waals surface area contributed by atoms with Gasteiger partial charge in [-0.25, -0.2) is 8.42 Å². The monoisotopic (exact) mass is 393 g/mol. The molecule has 1 amide bonds. The molecule has 1 atom stereocenters. The van der Waals surface area contributed by atoms with Crippen molar-refractivity contribution in [1.29, 1.82) is 0 Å². The number of anilines is 2. The highest BCUT2D eigenvalue weighted by Crippen LogP contribution is 2.30. The number of carbonyl (C=O) groups is 1. The highest BCUT2D eigenvalue weighted by Gasteiger charge is 2.29. The summed E-state index contributed by atoms with van der Waals surface area (Å²) in [5.74, 6) is -0.223. The molecule has 0 spiro atoms. The van der Waals surface area contributed by atoms with Crippen LogP contribution in [0, 0.1) is 6.92 Å². The first-order valence-corrected chi connectivity index (χ1v) is 10.3. The van der Waals surface area contributed by atoms with Gasteiger partial charge in [-0.1, -0.05) is 36.4 Å². The molecule has 0 aliphatic carbocycles. The van der Waals surface area contributed by atoms with Gasteiger partial charge < -0.3 is 10.6 Å². The van der Waals surface area contributed by atoms with Gasteiger partial charge in [0.15, 0.2) is 0 Å². The second kappa shape index (κ2) is 7.10. The first-order chi connectivity index (χ1) is 13.4. The Morgan fingerprint density at radius 3 is 2.46 bits per heavy atom. The van der Waals surface area contributed by atoms with E-state index >= 15 is 0 Å². The third kappa shape index (κ3) is 3.62. The zero-order valence-corrected chi connectivity index (χ0v) is 16.0. The molecule has 3 aromatic rings. The van der Waals surface area contributed by atoms with Crippen LogP contribution >= 0.6 is 0 Å². The molecule has 3 N–H and O–H groups in total. The van der Waals surface area contributed by atoms with Crippen LogP contribution in [0.4, 0.5) is 11.4 Å². The number of fused-ring (bicyclic) bond motifs is 1. The maximum absolute atomic E-state index is 12.4. The zero-order valence-electron chi connectivity index (χ0n) is 15.1. The molecule has 3 aromatic carbocycles. The van der Waals surface area contributed by atoms with Gasteiger partial charge in [-0.15, -0.1) is 0 Å². The Bertz CT molecular complexity index is 1140. The molecule has 1 heterocycles. The first-order valence-electron chi connectivity index (χ1n) is 8.78. The molecule has 0 saturated carbocycles. The molecule has 142 valence electrons. The molecule has 7 heteroatoms. The van der Waals surface area contributed by atoms with Crippen LogP contribution in [0.5, 0.6) is 0 Å². The summed E-state index contributed by atoms with van der Waals surface area (Å²) in [6, 6.07) is 21.1. The maximum atomic E-state index is 12.4. The highest BCUT2D eigenvalue weighted by atomic mass is 32.2. The van der Waals surface area contributed by atoms with E-state index in [0.29, 0.717) is 16.8 Å². The van der Waals surface area contributed by atoms with E-state index in [9.17, 15) is 13.2 Å². The minimum atomic E-state index is -3.60. The van der Waals surface area contributed by atoms with E-state index in [1.54, 1.807) is 48.5 Å². The predicted molar refractivity (Wildman–Crippen MR) is 109 cm³/mol. The minimum Gasteiger partial charge on any atom is -0.364 e. The number of hydrogen-bond acceptors (Lipinski definition) is 4. The van der Waals surface area contributed by atoms with Gasteiger partial charge in [0.25, 0.3) is 5.91 Å². The van der Waals surface area contributed by atoms with Crippen molar-refractivity contribution < 1.29 is 13.2 Å². The molecule has 1 aliphatic heterocycles. The Morgan fingerprint density at radius 1 is 0.964 bits per heavy atom. The Kier molecular flexibility index (Phi) is 4.62. The number of benzene rings is 3. The molecule has 0 aromatic heterocycles. The molecule has 0 saturated heterocycles. The van der Waals surface area contributed by atoms with Crippen molar-refractivity contribution in [3.8, 4) is 0 Å². The van der Waals surface area contributed by atoms with Gasteiger partial charge >= 0.3 is 0 Å². The van der Waals surface area contributed by atoms with Crippen LogP contribution in [0.25, 0.3) is 0 Å². The van der Waals surface area contributed by atoms with Gasteiger partial charge in [0.05, 0.1) is 5.69 Å². The van der Waals surface area contributed by atoms with Gasteiger partial charge in [-0.3, -0.25) is 4.79 Å². The summed E-state index contributed by atoms with van der Waals surface area (Å²) in [6.07, 6.45) is -0.603. The zero-order chi connectivity index (χ0) is 19.7. The summed E-state index contributed by atoms with van der Waals surface area (Å²) in [7, 11) is -3.60. The van der Waals surface area contributed by atoms with Crippen LogP contribution in [0.3, 0.4) is 0 Å². The standard InChI is InChI=1S/C21H19N3O3S/c1-14-5-4-6-17(13-14)22-21(25)16-11-9-15(10-12-16)20-23-18-7-2-3-8-19(18)28(26,27)24-20/h2-13,20,23-24H,1H3,(H,22,25)/t20-/m1/s1. The van der Waals surface area contributed by atoms with E-state index in [4.69, 9.17) is 0 Å². The third-order valence-corrected chi connectivity index (χ3v) is 6.01. The number of hydrogen-bond donors (Lipinski definition) is 3.